The third-order valence-electron chi connectivity index (χ3n) is 4.16. The number of benzene rings is 2. The first-order valence-electron chi connectivity index (χ1n) is 9.72. The van der Waals surface area contributed by atoms with Gasteiger partial charge in [-0.3, -0.25) is 4.79 Å². The van der Waals surface area contributed by atoms with Gasteiger partial charge in [0.05, 0.1) is 20.8 Å². The van der Waals surface area contributed by atoms with Gasteiger partial charge in [0.2, 0.25) is 0 Å². The maximum atomic E-state index is 12.3. The number of nitriles is 1. The molecule has 0 saturated carbocycles. The first-order chi connectivity index (χ1) is 15.4. The minimum absolute atomic E-state index is 0.178. The number of amides is 1. The van der Waals surface area contributed by atoms with Gasteiger partial charge in [-0.25, -0.2) is 4.79 Å². The first-order valence-corrected chi connectivity index (χ1v) is 9.72. The van der Waals surface area contributed by atoms with Gasteiger partial charge in [-0.15, -0.1) is 0 Å². The SMILES string of the molecule is CCCOc1ccc(/C=C/C(=O)Oc2ccc(/C=C(\C#N)C(N)=O)cc2OC)cc1OC. The number of carbonyl (C=O) groups excluding carboxylic acids is 2. The maximum Gasteiger partial charge on any atom is 0.336 e. The van der Waals surface area contributed by atoms with Crippen LogP contribution in [-0.4, -0.2) is 32.7 Å². The summed E-state index contributed by atoms with van der Waals surface area (Å²) in [6, 6.07) is 11.6. The predicted octanol–water partition coefficient (Wildman–Crippen LogP) is 3.50. The monoisotopic (exact) mass is 436 g/mol. The van der Waals surface area contributed by atoms with E-state index >= 15 is 0 Å². The van der Waals surface area contributed by atoms with Crippen LogP contribution in [0.4, 0.5) is 0 Å². The van der Waals surface area contributed by atoms with Crippen molar-refractivity contribution in [3.63, 3.8) is 0 Å². The lowest BCUT2D eigenvalue weighted by Crippen LogP contribution is -2.12. The number of ether oxygens (including phenoxy) is 4. The highest BCUT2D eigenvalue weighted by atomic mass is 16.6. The van der Waals surface area contributed by atoms with Crippen LogP contribution in [0.25, 0.3) is 12.2 Å². The molecule has 0 radical (unpaired) electrons. The van der Waals surface area contributed by atoms with Crippen LogP contribution >= 0.6 is 0 Å². The Labute approximate surface area is 186 Å². The van der Waals surface area contributed by atoms with E-state index in [1.54, 1.807) is 43.5 Å². The van der Waals surface area contributed by atoms with E-state index in [4.69, 9.17) is 29.9 Å². The molecule has 2 rings (SSSR count). The minimum Gasteiger partial charge on any atom is -0.493 e. The van der Waals surface area contributed by atoms with Crippen LogP contribution in [0.15, 0.2) is 48.0 Å². The van der Waals surface area contributed by atoms with Gasteiger partial charge in [0.25, 0.3) is 5.91 Å². The third kappa shape index (κ3) is 6.64. The van der Waals surface area contributed by atoms with Gasteiger partial charge >= 0.3 is 5.97 Å². The van der Waals surface area contributed by atoms with Crippen LogP contribution in [0.5, 0.6) is 23.0 Å². The molecular formula is C24H24N2O6. The largest absolute Gasteiger partial charge is 0.493 e. The lowest BCUT2D eigenvalue weighted by molar-refractivity contribution is -0.129. The van der Waals surface area contributed by atoms with Crippen molar-refractivity contribution in [1.29, 1.82) is 5.26 Å². The Balaban J connectivity index is 2.15. The molecule has 0 fully saturated rings. The van der Waals surface area contributed by atoms with Crippen molar-refractivity contribution in [2.75, 3.05) is 20.8 Å². The van der Waals surface area contributed by atoms with E-state index in [0.717, 1.165) is 12.0 Å². The molecule has 8 heteroatoms. The summed E-state index contributed by atoms with van der Waals surface area (Å²) in [5, 5.41) is 8.95. The summed E-state index contributed by atoms with van der Waals surface area (Å²) < 4.78 is 21.5. The van der Waals surface area contributed by atoms with Gasteiger partial charge in [0, 0.05) is 6.08 Å². The van der Waals surface area contributed by atoms with Crippen LogP contribution in [-0.2, 0) is 9.59 Å². The molecule has 8 nitrogen and oxygen atoms in total. The van der Waals surface area contributed by atoms with E-state index in [1.807, 2.05) is 6.92 Å². The second kappa shape index (κ2) is 11.8. The molecule has 2 N–H and O–H groups in total. The van der Waals surface area contributed by atoms with E-state index in [-0.39, 0.29) is 17.1 Å². The quantitative estimate of drug-likeness (QED) is 0.262. The fourth-order valence-corrected chi connectivity index (χ4v) is 2.61. The molecular weight excluding hydrogens is 412 g/mol. The summed E-state index contributed by atoms with van der Waals surface area (Å²) >= 11 is 0. The highest BCUT2D eigenvalue weighted by Crippen LogP contribution is 2.30. The van der Waals surface area contributed by atoms with Crippen molar-refractivity contribution in [3.05, 3.63) is 59.2 Å². The molecule has 2 aromatic carbocycles. The Morgan fingerprint density at radius 1 is 1.00 bits per heavy atom. The Morgan fingerprint density at radius 2 is 1.62 bits per heavy atom. The summed E-state index contributed by atoms with van der Waals surface area (Å²) in [5.74, 6) is 0.162. The van der Waals surface area contributed by atoms with Crippen LogP contribution in [0.2, 0.25) is 0 Å². The van der Waals surface area contributed by atoms with Gasteiger partial charge < -0.3 is 24.7 Å². The molecule has 0 aromatic heterocycles. The van der Waals surface area contributed by atoms with E-state index in [1.165, 1.54) is 31.4 Å². The summed E-state index contributed by atoms with van der Waals surface area (Å²) in [5.41, 5.74) is 6.15. The molecule has 0 aliphatic heterocycles. The molecule has 0 saturated heterocycles. The summed E-state index contributed by atoms with van der Waals surface area (Å²) in [4.78, 5) is 23.5. The van der Waals surface area contributed by atoms with Crippen molar-refractivity contribution in [3.8, 4) is 29.1 Å². The molecule has 0 unspecified atom stereocenters. The van der Waals surface area contributed by atoms with E-state index in [0.29, 0.717) is 23.7 Å². The Morgan fingerprint density at radius 3 is 2.25 bits per heavy atom. The molecule has 0 aliphatic carbocycles. The summed E-state index contributed by atoms with van der Waals surface area (Å²) in [6.07, 6.45) is 5.05. The molecule has 32 heavy (non-hydrogen) atoms. The van der Waals surface area contributed by atoms with E-state index < -0.39 is 11.9 Å². The zero-order valence-corrected chi connectivity index (χ0v) is 18.1. The smallest absolute Gasteiger partial charge is 0.336 e. The highest BCUT2D eigenvalue weighted by molar-refractivity contribution is 6.00. The molecule has 166 valence electrons. The van der Waals surface area contributed by atoms with Gasteiger partial charge in [-0.2, -0.15) is 5.26 Å². The fourth-order valence-electron chi connectivity index (χ4n) is 2.61. The number of carbonyl (C=O) groups is 2. The standard InChI is InChI=1S/C24H24N2O6/c1-4-11-31-19-8-5-16(13-21(19)29-2)7-10-23(27)32-20-9-6-17(14-22(20)30-3)12-18(15-25)24(26)28/h5-10,12-14H,4,11H2,1-3H3,(H2,26,28)/b10-7+,18-12+. The normalized spacial score (nSPS) is 11.0. The molecule has 0 aliphatic rings. The zero-order chi connectivity index (χ0) is 23.5. The number of nitrogens with zero attached hydrogens (tertiary/aromatic N) is 1. The van der Waals surface area contributed by atoms with E-state index in [9.17, 15) is 9.59 Å². The second-order valence-corrected chi connectivity index (χ2v) is 6.46. The molecule has 0 bridgehead atoms. The number of hydrogen-bond acceptors (Lipinski definition) is 7. The second-order valence-electron chi connectivity index (χ2n) is 6.46. The van der Waals surface area contributed by atoms with Crippen molar-refractivity contribution < 1.29 is 28.5 Å². The van der Waals surface area contributed by atoms with Gasteiger partial charge in [-0.1, -0.05) is 19.1 Å². The maximum absolute atomic E-state index is 12.3. The van der Waals surface area contributed by atoms with Crippen molar-refractivity contribution in [1.82, 2.24) is 0 Å². The lowest BCUT2D eigenvalue weighted by Gasteiger charge is -2.10. The van der Waals surface area contributed by atoms with Crippen molar-refractivity contribution in [2.45, 2.75) is 13.3 Å². The Kier molecular flexibility index (Phi) is 8.87. The average Bonchev–Trinajstić information content (AvgIpc) is 2.80. The Bertz CT molecular complexity index is 1080. The molecule has 1 amide bonds. The molecule has 2 aromatic rings. The number of rotatable bonds is 10. The van der Waals surface area contributed by atoms with E-state index in [2.05, 4.69) is 0 Å². The van der Waals surface area contributed by atoms with Crippen LogP contribution in [0.3, 0.4) is 0 Å². The average molecular weight is 436 g/mol. The molecule has 0 heterocycles. The molecule has 0 atom stereocenters. The van der Waals surface area contributed by atoms with Crippen molar-refractivity contribution >= 4 is 24.0 Å². The fraction of sp³-hybridized carbons (Fsp3) is 0.208. The van der Waals surface area contributed by atoms with Crippen molar-refractivity contribution in [2.24, 2.45) is 5.73 Å². The highest BCUT2D eigenvalue weighted by Gasteiger charge is 2.11. The van der Waals surface area contributed by atoms with Crippen LogP contribution in [0.1, 0.15) is 24.5 Å². The first kappa shape index (κ1) is 24.0. The Hall–Kier alpha value is -4.25. The zero-order valence-electron chi connectivity index (χ0n) is 18.1. The lowest BCUT2D eigenvalue weighted by atomic mass is 10.1. The molecule has 0 spiro atoms. The summed E-state index contributed by atoms with van der Waals surface area (Å²) in [7, 11) is 2.95. The van der Waals surface area contributed by atoms with Crippen LogP contribution in [0, 0.1) is 11.3 Å². The number of nitrogens with two attached hydrogens (primary N) is 1. The predicted molar refractivity (Wildman–Crippen MR) is 119 cm³/mol. The number of hydrogen-bond donors (Lipinski definition) is 1. The number of esters is 1. The third-order valence-corrected chi connectivity index (χ3v) is 4.16. The topological polar surface area (TPSA) is 121 Å². The summed E-state index contributed by atoms with van der Waals surface area (Å²) in [6.45, 7) is 2.59. The van der Waals surface area contributed by atoms with Gasteiger partial charge in [-0.05, 0) is 54.0 Å². The number of primary amides is 1. The minimum atomic E-state index is -0.839. The van der Waals surface area contributed by atoms with Crippen LogP contribution < -0.4 is 24.7 Å². The van der Waals surface area contributed by atoms with Gasteiger partial charge in [0.1, 0.15) is 11.6 Å². The number of methoxy groups -OCH3 is 2. The van der Waals surface area contributed by atoms with Gasteiger partial charge in [0.15, 0.2) is 23.0 Å².